The van der Waals surface area contributed by atoms with Crippen LogP contribution in [0.15, 0.2) is 48.5 Å². The van der Waals surface area contributed by atoms with Crippen LogP contribution in [0.2, 0.25) is 0 Å². The van der Waals surface area contributed by atoms with E-state index in [1.165, 1.54) is 12.1 Å². The van der Waals surface area contributed by atoms with Crippen molar-refractivity contribution in [2.24, 2.45) is 0 Å². The molecule has 24 heavy (non-hydrogen) atoms. The Balaban J connectivity index is 2.23. The lowest BCUT2D eigenvalue weighted by atomic mass is 10.1. The topological polar surface area (TPSA) is 99.8 Å². The number of aromatic nitrogens is 1. The van der Waals surface area contributed by atoms with E-state index >= 15 is 0 Å². The molecule has 3 rings (SSSR count). The van der Waals surface area contributed by atoms with Gasteiger partial charge in [0, 0.05) is 16.6 Å². The van der Waals surface area contributed by atoms with Crippen molar-refractivity contribution in [3.8, 4) is 5.75 Å². The van der Waals surface area contributed by atoms with Gasteiger partial charge in [-0.2, -0.15) is 0 Å². The number of aromatic hydroxyl groups is 1. The van der Waals surface area contributed by atoms with Crippen LogP contribution < -0.4 is 0 Å². The van der Waals surface area contributed by atoms with E-state index in [1.807, 2.05) is 0 Å². The van der Waals surface area contributed by atoms with Crippen molar-refractivity contribution in [2.45, 2.75) is 13.0 Å². The fourth-order valence-corrected chi connectivity index (χ4v) is 2.85. The third-order valence-corrected chi connectivity index (χ3v) is 3.89. The summed E-state index contributed by atoms with van der Waals surface area (Å²) < 4.78 is 1.64. The number of carboxylic acid groups (broad SMARTS) is 2. The fourth-order valence-electron chi connectivity index (χ4n) is 2.85. The number of aliphatic carboxylic acids is 1. The van der Waals surface area contributed by atoms with Gasteiger partial charge >= 0.3 is 11.9 Å². The van der Waals surface area contributed by atoms with Gasteiger partial charge in [0.1, 0.15) is 5.75 Å². The fraction of sp³-hybridized carbons (Fsp3) is 0.111. The molecule has 0 aliphatic heterocycles. The highest BCUT2D eigenvalue weighted by molar-refractivity contribution is 6.03. The Bertz CT molecular complexity index is 942. The second-order valence-electron chi connectivity index (χ2n) is 5.47. The molecule has 0 spiro atoms. The molecular weight excluding hydrogens is 310 g/mol. The Morgan fingerprint density at radius 3 is 2.42 bits per heavy atom. The van der Waals surface area contributed by atoms with Crippen molar-refractivity contribution in [2.75, 3.05) is 0 Å². The zero-order chi connectivity index (χ0) is 17.3. The number of phenols is 1. The number of phenolic OH excluding ortho intramolecular Hbond substituents is 1. The van der Waals surface area contributed by atoms with E-state index in [4.69, 9.17) is 5.11 Å². The average Bonchev–Trinajstić information content (AvgIpc) is 2.86. The summed E-state index contributed by atoms with van der Waals surface area (Å²) in [6, 6.07) is 13.2. The van der Waals surface area contributed by atoms with Gasteiger partial charge in [-0.15, -0.1) is 0 Å². The molecule has 0 aliphatic rings. The number of nitrogens with zero attached hydrogens (tertiary/aromatic N) is 1. The van der Waals surface area contributed by atoms with Gasteiger partial charge in [-0.3, -0.25) is 4.79 Å². The van der Waals surface area contributed by atoms with Gasteiger partial charge in [-0.25, -0.2) is 4.79 Å². The van der Waals surface area contributed by atoms with Crippen molar-refractivity contribution in [3.05, 3.63) is 65.4 Å². The lowest BCUT2D eigenvalue weighted by molar-refractivity contribution is -0.136. The molecule has 0 unspecified atom stereocenters. The number of para-hydroxylation sites is 2. The molecule has 3 N–H and O–H groups in total. The maximum atomic E-state index is 11.5. The monoisotopic (exact) mass is 325 g/mol. The zero-order valence-corrected chi connectivity index (χ0v) is 12.6. The van der Waals surface area contributed by atoms with E-state index in [0.717, 1.165) is 0 Å². The summed E-state index contributed by atoms with van der Waals surface area (Å²) >= 11 is 0. The van der Waals surface area contributed by atoms with Gasteiger partial charge in [0.05, 0.1) is 24.0 Å². The first-order chi connectivity index (χ1) is 11.5. The Morgan fingerprint density at radius 2 is 1.75 bits per heavy atom. The number of fused-ring (bicyclic) bond motifs is 1. The lowest BCUT2D eigenvalue weighted by Gasteiger charge is -2.12. The Morgan fingerprint density at radius 1 is 1.00 bits per heavy atom. The van der Waals surface area contributed by atoms with Crippen LogP contribution in [0.25, 0.3) is 10.9 Å². The van der Waals surface area contributed by atoms with E-state index in [-0.39, 0.29) is 24.3 Å². The molecule has 0 saturated carbocycles. The Labute approximate surface area is 137 Å². The Hall–Kier alpha value is -3.28. The van der Waals surface area contributed by atoms with Crippen molar-refractivity contribution >= 4 is 22.8 Å². The van der Waals surface area contributed by atoms with E-state index in [9.17, 15) is 19.8 Å². The van der Waals surface area contributed by atoms with Crippen LogP contribution in [0.4, 0.5) is 0 Å². The minimum absolute atomic E-state index is 0.0773. The molecule has 122 valence electrons. The summed E-state index contributed by atoms with van der Waals surface area (Å²) in [5, 5.41) is 29.2. The van der Waals surface area contributed by atoms with E-state index < -0.39 is 11.9 Å². The maximum absolute atomic E-state index is 11.5. The lowest BCUT2D eigenvalue weighted by Crippen LogP contribution is -2.11. The largest absolute Gasteiger partial charge is 0.508 e. The van der Waals surface area contributed by atoms with Gasteiger partial charge in [0.15, 0.2) is 0 Å². The minimum atomic E-state index is -1.08. The smallest absolute Gasteiger partial charge is 0.337 e. The number of hydrogen-bond acceptors (Lipinski definition) is 3. The molecule has 3 aromatic rings. The number of aromatic carboxylic acids is 1. The standard InChI is InChI=1S/C18H15NO5/c20-15-7-2-1-4-12(15)10-19-13(9-16(21)22)8-11-5-3-6-14(17(11)19)18(23)24/h1-8,20H,9-10H2,(H,21,22)(H,23,24). The highest BCUT2D eigenvalue weighted by Gasteiger charge is 2.18. The summed E-state index contributed by atoms with van der Waals surface area (Å²) in [6.45, 7) is 0.184. The van der Waals surface area contributed by atoms with Crippen molar-refractivity contribution in [1.82, 2.24) is 4.57 Å². The summed E-state index contributed by atoms with van der Waals surface area (Å²) in [5.74, 6) is -2.01. The van der Waals surface area contributed by atoms with Crippen LogP contribution in [0.5, 0.6) is 5.75 Å². The predicted molar refractivity (Wildman–Crippen MR) is 87.4 cm³/mol. The molecule has 2 aromatic carbocycles. The zero-order valence-electron chi connectivity index (χ0n) is 12.6. The van der Waals surface area contributed by atoms with E-state index in [2.05, 4.69) is 0 Å². The first kappa shape index (κ1) is 15.6. The van der Waals surface area contributed by atoms with E-state index in [1.54, 1.807) is 41.0 Å². The molecule has 1 heterocycles. The highest BCUT2D eigenvalue weighted by atomic mass is 16.4. The molecule has 0 saturated heterocycles. The van der Waals surface area contributed by atoms with Crippen LogP contribution in [0.3, 0.4) is 0 Å². The van der Waals surface area contributed by atoms with Crippen molar-refractivity contribution in [1.29, 1.82) is 0 Å². The van der Waals surface area contributed by atoms with Crippen LogP contribution in [-0.2, 0) is 17.8 Å². The Kier molecular flexibility index (Phi) is 3.95. The van der Waals surface area contributed by atoms with Crippen molar-refractivity contribution in [3.63, 3.8) is 0 Å². The molecule has 0 fully saturated rings. The van der Waals surface area contributed by atoms with Crippen LogP contribution in [0, 0.1) is 0 Å². The molecular formula is C18H15NO5. The third-order valence-electron chi connectivity index (χ3n) is 3.89. The molecule has 0 atom stereocenters. The second kappa shape index (κ2) is 6.08. The summed E-state index contributed by atoms with van der Waals surface area (Å²) in [7, 11) is 0. The predicted octanol–water partition coefficient (Wildman–Crippen LogP) is 2.72. The van der Waals surface area contributed by atoms with Gasteiger partial charge in [-0.05, 0) is 18.2 Å². The maximum Gasteiger partial charge on any atom is 0.337 e. The molecule has 0 amide bonds. The highest BCUT2D eigenvalue weighted by Crippen LogP contribution is 2.27. The first-order valence-electron chi connectivity index (χ1n) is 7.30. The second-order valence-corrected chi connectivity index (χ2v) is 5.47. The number of hydrogen-bond donors (Lipinski definition) is 3. The molecule has 6 nitrogen and oxygen atoms in total. The molecule has 6 heteroatoms. The summed E-state index contributed by atoms with van der Waals surface area (Å²) in [6.07, 6.45) is -0.235. The van der Waals surface area contributed by atoms with Crippen LogP contribution in [0.1, 0.15) is 21.6 Å². The van der Waals surface area contributed by atoms with Crippen molar-refractivity contribution < 1.29 is 24.9 Å². The van der Waals surface area contributed by atoms with Crippen LogP contribution >= 0.6 is 0 Å². The molecule has 0 bridgehead atoms. The normalized spacial score (nSPS) is 10.8. The first-order valence-corrected chi connectivity index (χ1v) is 7.30. The summed E-state index contributed by atoms with van der Waals surface area (Å²) in [5.41, 5.74) is 1.61. The van der Waals surface area contributed by atoms with Gasteiger partial charge in [0.2, 0.25) is 0 Å². The quantitative estimate of drug-likeness (QED) is 0.670. The van der Waals surface area contributed by atoms with Gasteiger partial charge < -0.3 is 19.9 Å². The van der Waals surface area contributed by atoms with Gasteiger partial charge in [-0.1, -0.05) is 30.3 Å². The number of benzene rings is 2. The molecule has 0 radical (unpaired) electrons. The number of carboxylic acids is 2. The minimum Gasteiger partial charge on any atom is -0.508 e. The molecule has 1 aromatic heterocycles. The van der Waals surface area contributed by atoms with Gasteiger partial charge in [0.25, 0.3) is 0 Å². The van der Waals surface area contributed by atoms with Crippen LogP contribution in [-0.4, -0.2) is 31.8 Å². The molecule has 0 aliphatic carbocycles. The summed E-state index contributed by atoms with van der Waals surface area (Å²) in [4.78, 5) is 22.7. The van der Waals surface area contributed by atoms with E-state index in [0.29, 0.717) is 22.2 Å². The number of carbonyl (C=O) groups is 2. The number of rotatable bonds is 5. The SMILES string of the molecule is O=C(O)Cc1cc2cccc(C(=O)O)c2n1Cc1ccccc1O. The third kappa shape index (κ3) is 2.81. The average molecular weight is 325 g/mol.